The minimum atomic E-state index is -0.912. The number of fused-ring (bicyclic) bond motifs is 3. The van der Waals surface area contributed by atoms with Crippen molar-refractivity contribution in [3.63, 3.8) is 0 Å². The van der Waals surface area contributed by atoms with Gasteiger partial charge in [-0.25, -0.2) is 4.79 Å². The molecule has 8 heteroatoms. The van der Waals surface area contributed by atoms with Crippen LogP contribution in [0.4, 0.5) is 4.79 Å². The van der Waals surface area contributed by atoms with E-state index in [0.29, 0.717) is 19.5 Å². The third-order valence-electron chi connectivity index (χ3n) is 6.93. The molecule has 186 valence electrons. The molecular formula is C27H32N2O6. The first kappa shape index (κ1) is 24.7. The Morgan fingerprint density at radius 1 is 0.943 bits per heavy atom. The number of carbonyl (C=O) groups is 3. The van der Waals surface area contributed by atoms with E-state index in [4.69, 9.17) is 14.6 Å². The van der Waals surface area contributed by atoms with Crippen LogP contribution in [0.25, 0.3) is 11.1 Å². The molecule has 2 aliphatic rings. The molecule has 2 amide bonds. The number of carboxylic acids is 1. The average Bonchev–Trinajstić information content (AvgIpc) is 3.15. The molecular weight excluding hydrogens is 448 g/mol. The van der Waals surface area contributed by atoms with Gasteiger partial charge in [0.25, 0.3) is 0 Å². The van der Waals surface area contributed by atoms with Gasteiger partial charge in [-0.1, -0.05) is 55.0 Å². The van der Waals surface area contributed by atoms with E-state index in [0.717, 1.165) is 19.3 Å². The minimum absolute atomic E-state index is 0.00862. The van der Waals surface area contributed by atoms with Gasteiger partial charge in [0.1, 0.15) is 6.61 Å². The molecule has 1 saturated carbocycles. The topological polar surface area (TPSA) is 114 Å². The summed E-state index contributed by atoms with van der Waals surface area (Å²) in [6.07, 6.45) is 2.58. The Bertz CT molecular complexity index is 1020. The highest BCUT2D eigenvalue weighted by Gasteiger charge is 2.39. The average molecular weight is 481 g/mol. The number of hydrogen-bond acceptors (Lipinski definition) is 5. The lowest BCUT2D eigenvalue weighted by Crippen LogP contribution is -2.45. The van der Waals surface area contributed by atoms with E-state index >= 15 is 0 Å². The maximum Gasteiger partial charge on any atom is 0.407 e. The summed E-state index contributed by atoms with van der Waals surface area (Å²) in [5, 5.41) is 14.3. The predicted octanol–water partition coefficient (Wildman–Crippen LogP) is 3.69. The normalized spacial score (nSPS) is 15.4. The standard InChI is InChI=1S/C27H32N2O6/c30-24(28-13-15-34-14-10-25(31)32)16-27(11-5-12-27)18-29-26(33)35-17-23-21-8-3-1-6-19(21)20-7-2-4-9-22(20)23/h1-4,6-9,23H,5,10-18H2,(H,28,30)(H,29,33)(H,31,32). The summed E-state index contributed by atoms with van der Waals surface area (Å²) in [7, 11) is 0. The zero-order chi connectivity index (χ0) is 24.7. The summed E-state index contributed by atoms with van der Waals surface area (Å²) in [5.41, 5.74) is 4.45. The highest BCUT2D eigenvalue weighted by molar-refractivity contribution is 5.79. The van der Waals surface area contributed by atoms with Crippen molar-refractivity contribution in [1.29, 1.82) is 0 Å². The number of aliphatic carboxylic acids is 1. The molecule has 0 radical (unpaired) electrons. The number of alkyl carbamates (subject to hydrolysis) is 1. The number of benzene rings is 2. The fourth-order valence-corrected chi connectivity index (χ4v) is 4.93. The maximum atomic E-state index is 12.5. The van der Waals surface area contributed by atoms with Gasteiger partial charge in [0, 0.05) is 25.4 Å². The molecule has 3 N–H and O–H groups in total. The number of nitrogens with one attached hydrogen (secondary N) is 2. The van der Waals surface area contributed by atoms with Crippen molar-refractivity contribution in [2.45, 2.75) is 38.0 Å². The fraction of sp³-hybridized carbons (Fsp3) is 0.444. The molecule has 0 aromatic heterocycles. The molecule has 2 aromatic rings. The van der Waals surface area contributed by atoms with Gasteiger partial charge in [0.2, 0.25) is 5.91 Å². The van der Waals surface area contributed by atoms with Gasteiger partial charge in [-0.05, 0) is 40.5 Å². The number of carbonyl (C=O) groups excluding carboxylic acids is 2. The van der Waals surface area contributed by atoms with Crippen LogP contribution in [0.5, 0.6) is 0 Å². The quantitative estimate of drug-likeness (QED) is 0.399. The van der Waals surface area contributed by atoms with Crippen molar-refractivity contribution < 1.29 is 29.0 Å². The largest absolute Gasteiger partial charge is 0.481 e. The van der Waals surface area contributed by atoms with Gasteiger partial charge in [0.05, 0.1) is 19.6 Å². The molecule has 1 fully saturated rings. The van der Waals surface area contributed by atoms with Crippen LogP contribution in [0.2, 0.25) is 0 Å². The van der Waals surface area contributed by atoms with Gasteiger partial charge < -0.3 is 25.2 Å². The Morgan fingerprint density at radius 2 is 1.60 bits per heavy atom. The second-order valence-electron chi connectivity index (χ2n) is 9.32. The van der Waals surface area contributed by atoms with E-state index in [2.05, 4.69) is 34.9 Å². The highest BCUT2D eigenvalue weighted by atomic mass is 16.5. The molecule has 0 bridgehead atoms. The smallest absolute Gasteiger partial charge is 0.407 e. The van der Waals surface area contributed by atoms with Crippen molar-refractivity contribution >= 4 is 18.0 Å². The molecule has 0 spiro atoms. The first-order chi connectivity index (χ1) is 17.0. The molecule has 2 aromatic carbocycles. The Morgan fingerprint density at radius 3 is 2.20 bits per heavy atom. The number of hydrogen-bond donors (Lipinski definition) is 3. The van der Waals surface area contributed by atoms with E-state index in [-0.39, 0.29) is 43.5 Å². The third kappa shape index (κ3) is 6.19. The zero-order valence-corrected chi connectivity index (χ0v) is 19.8. The number of ether oxygens (including phenoxy) is 2. The third-order valence-corrected chi connectivity index (χ3v) is 6.93. The Labute approximate surface area is 205 Å². The van der Waals surface area contributed by atoms with Gasteiger partial charge in [-0.3, -0.25) is 9.59 Å². The van der Waals surface area contributed by atoms with Crippen LogP contribution in [0.15, 0.2) is 48.5 Å². The molecule has 0 saturated heterocycles. The second kappa shape index (κ2) is 11.4. The van der Waals surface area contributed by atoms with Crippen LogP contribution in [0.3, 0.4) is 0 Å². The van der Waals surface area contributed by atoms with Gasteiger partial charge in [0.15, 0.2) is 0 Å². The summed E-state index contributed by atoms with van der Waals surface area (Å²) >= 11 is 0. The Kier molecular flexibility index (Phi) is 8.02. The van der Waals surface area contributed by atoms with Crippen LogP contribution >= 0.6 is 0 Å². The number of amides is 2. The van der Waals surface area contributed by atoms with Gasteiger partial charge in [-0.2, -0.15) is 0 Å². The summed E-state index contributed by atoms with van der Waals surface area (Å²) in [4.78, 5) is 35.4. The second-order valence-corrected chi connectivity index (χ2v) is 9.32. The molecule has 0 aliphatic heterocycles. The van der Waals surface area contributed by atoms with Crippen LogP contribution in [0.1, 0.15) is 49.1 Å². The van der Waals surface area contributed by atoms with Crippen LogP contribution in [0, 0.1) is 5.41 Å². The maximum absolute atomic E-state index is 12.5. The van der Waals surface area contributed by atoms with Crippen molar-refractivity contribution in [1.82, 2.24) is 10.6 Å². The van der Waals surface area contributed by atoms with Crippen molar-refractivity contribution in [2.75, 3.05) is 32.9 Å². The predicted molar refractivity (Wildman–Crippen MR) is 130 cm³/mol. The van der Waals surface area contributed by atoms with Crippen LogP contribution < -0.4 is 10.6 Å². The van der Waals surface area contributed by atoms with Crippen molar-refractivity contribution in [3.8, 4) is 11.1 Å². The van der Waals surface area contributed by atoms with E-state index < -0.39 is 12.1 Å². The minimum Gasteiger partial charge on any atom is -0.481 e. The highest BCUT2D eigenvalue weighted by Crippen LogP contribution is 2.45. The molecule has 35 heavy (non-hydrogen) atoms. The van der Waals surface area contributed by atoms with Crippen molar-refractivity contribution in [2.24, 2.45) is 5.41 Å². The molecule has 4 rings (SSSR count). The molecule has 2 aliphatic carbocycles. The zero-order valence-electron chi connectivity index (χ0n) is 19.8. The van der Waals surface area contributed by atoms with E-state index in [1.807, 2.05) is 24.3 Å². The van der Waals surface area contributed by atoms with Crippen LogP contribution in [-0.4, -0.2) is 56.0 Å². The first-order valence-electron chi connectivity index (χ1n) is 12.1. The fourth-order valence-electron chi connectivity index (χ4n) is 4.93. The van der Waals surface area contributed by atoms with E-state index in [9.17, 15) is 14.4 Å². The van der Waals surface area contributed by atoms with Gasteiger partial charge >= 0.3 is 12.1 Å². The molecule has 0 unspecified atom stereocenters. The van der Waals surface area contributed by atoms with E-state index in [1.54, 1.807) is 0 Å². The summed E-state index contributed by atoms with van der Waals surface area (Å²) in [5.74, 6) is -1.000. The van der Waals surface area contributed by atoms with E-state index in [1.165, 1.54) is 22.3 Å². The summed E-state index contributed by atoms with van der Waals surface area (Å²) in [6.45, 7) is 1.37. The number of rotatable bonds is 12. The summed E-state index contributed by atoms with van der Waals surface area (Å²) in [6, 6.07) is 16.4. The van der Waals surface area contributed by atoms with Gasteiger partial charge in [-0.15, -0.1) is 0 Å². The first-order valence-corrected chi connectivity index (χ1v) is 12.1. The lowest BCUT2D eigenvalue weighted by Gasteiger charge is -2.41. The monoisotopic (exact) mass is 480 g/mol. The Hall–Kier alpha value is -3.39. The lowest BCUT2D eigenvalue weighted by molar-refractivity contribution is -0.138. The number of carboxylic acid groups (broad SMARTS) is 1. The molecule has 0 heterocycles. The molecule has 8 nitrogen and oxygen atoms in total. The Balaban J connectivity index is 1.21. The van der Waals surface area contributed by atoms with Crippen molar-refractivity contribution in [3.05, 3.63) is 59.7 Å². The SMILES string of the molecule is O=C(O)CCOCCNC(=O)CC1(CNC(=O)OCC2c3ccccc3-c3ccccc32)CCC1. The lowest BCUT2D eigenvalue weighted by atomic mass is 9.66. The molecule has 0 atom stereocenters. The van der Waals surface area contributed by atoms with Crippen LogP contribution in [-0.2, 0) is 19.1 Å². The summed E-state index contributed by atoms with van der Waals surface area (Å²) < 4.78 is 10.8.